The Morgan fingerprint density at radius 3 is 3.00 bits per heavy atom. The van der Waals surface area contributed by atoms with E-state index >= 15 is 0 Å². The number of rotatable bonds is 1. The van der Waals surface area contributed by atoms with Crippen LogP contribution < -0.4 is 5.73 Å². The van der Waals surface area contributed by atoms with Crippen LogP contribution in [0.5, 0.6) is 0 Å². The number of hydrogen-bond donors (Lipinski definition) is 1. The van der Waals surface area contributed by atoms with Crippen LogP contribution in [0.4, 0.5) is 10.1 Å². The minimum Gasteiger partial charge on any atom is -0.395 e. The van der Waals surface area contributed by atoms with Gasteiger partial charge in [0, 0.05) is 10.1 Å². The number of nitrogen functional groups attached to an aromatic ring is 1. The van der Waals surface area contributed by atoms with Crippen LogP contribution in [0.15, 0.2) is 18.2 Å². The van der Waals surface area contributed by atoms with Crippen molar-refractivity contribution >= 4 is 27.1 Å². The Labute approximate surface area is 84.4 Å². The molecule has 0 aliphatic heterocycles. The van der Waals surface area contributed by atoms with Crippen LogP contribution >= 0.6 is 11.3 Å². The molecule has 1 heterocycles. The Bertz CT molecular complexity index is 525. The lowest BCUT2D eigenvalue weighted by Crippen LogP contribution is -1.86. The second-order valence-corrected chi connectivity index (χ2v) is 3.96. The number of fused-ring (bicyclic) bond motifs is 1. The maximum atomic E-state index is 13.1. The first-order valence-corrected chi connectivity index (χ1v) is 4.87. The predicted molar refractivity (Wildman–Crippen MR) is 55.5 cm³/mol. The highest BCUT2D eigenvalue weighted by Crippen LogP contribution is 2.32. The standard InChI is InChI=1S/C10H7FN2S/c11-10-9(13)7-5-6(3-4-12)1-2-8(7)14-10/h1-2,5H,3,13H2. The summed E-state index contributed by atoms with van der Waals surface area (Å²) in [5.74, 6) is 0. The molecule has 0 unspecified atom stereocenters. The molecule has 0 radical (unpaired) electrons. The van der Waals surface area contributed by atoms with Gasteiger partial charge in [0.1, 0.15) is 0 Å². The molecule has 14 heavy (non-hydrogen) atoms. The van der Waals surface area contributed by atoms with Crippen LogP contribution in [-0.2, 0) is 6.42 Å². The summed E-state index contributed by atoms with van der Waals surface area (Å²) < 4.78 is 13.9. The third-order valence-corrected chi connectivity index (χ3v) is 3.00. The molecule has 2 rings (SSSR count). The van der Waals surface area contributed by atoms with Crippen LogP contribution in [0, 0.1) is 16.5 Å². The van der Waals surface area contributed by atoms with E-state index in [4.69, 9.17) is 11.0 Å². The number of nitrogens with zero attached hydrogens (tertiary/aromatic N) is 1. The zero-order chi connectivity index (χ0) is 10.1. The highest BCUT2D eigenvalue weighted by atomic mass is 32.1. The van der Waals surface area contributed by atoms with Crippen LogP contribution in [0.1, 0.15) is 5.56 Å². The molecule has 2 N–H and O–H groups in total. The summed E-state index contributed by atoms with van der Waals surface area (Å²) in [7, 11) is 0. The zero-order valence-electron chi connectivity index (χ0n) is 7.25. The molecule has 0 aliphatic rings. The topological polar surface area (TPSA) is 49.8 Å². The second kappa shape index (κ2) is 3.28. The van der Waals surface area contributed by atoms with Crippen LogP contribution in [-0.4, -0.2) is 0 Å². The number of anilines is 1. The van der Waals surface area contributed by atoms with Crippen LogP contribution in [0.25, 0.3) is 10.1 Å². The van der Waals surface area contributed by atoms with E-state index in [0.717, 1.165) is 21.6 Å². The maximum Gasteiger partial charge on any atom is 0.200 e. The van der Waals surface area contributed by atoms with Crippen molar-refractivity contribution in [1.29, 1.82) is 5.26 Å². The monoisotopic (exact) mass is 206 g/mol. The van der Waals surface area contributed by atoms with Gasteiger partial charge in [-0.1, -0.05) is 6.07 Å². The number of nitriles is 1. The molecule has 0 spiro atoms. The number of halogens is 1. The molecule has 0 saturated heterocycles. The van der Waals surface area contributed by atoms with E-state index in [0.29, 0.717) is 11.8 Å². The molecule has 0 saturated carbocycles. The highest BCUT2D eigenvalue weighted by molar-refractivity contribution is 7.18. The van der Waals surface area contributed by atoms with Gasteiger partial charge in [-0.2, -0.15) is 9.65 Å². The van der Waals surface area contributed by atoms with Gasteiger partial charge in [-0.15, -0.1) is 11.3 Å². The number of hydrogen-bond acceptors (Lipinski definition) is 3. The summed E-state index contributed by atoms with van der Waals surface area (Å²) in [5.41, 5.74) is 6.61. The van der Waals surface area contributed by atoms with Crippen LogP contribution in [0.3, 0.4) is 0 Å². The third kappa shape index (κ3) is 1.32. The summed E-state index contributed by atoms with van der Waals surface area (Å²) in [6.45, 7) is 0. The Morgan fingerprint density at radius 2 is 2.29 bits per heavy atom. The largest absolute Gasteiger partial charge is 0.395 e. The first-order chi connectivity index (χ1) is 6.72. The SMILES string of the molecule is N#CCc1ccc2sc(F)c(N)c2c1. The molecule has 0 atom stereocenters. The average molecular weight is 206 g/mol. The molecule has 2 nitrogen and oxygen atoms in total. The molecular weight excluding hydrogens is 199 g/mol. The minimum absolute atomic E-state index is 0.185. The molecule has 1 aromatic heterocycles. The summed E-state index contributed by atoms with van der Waals surface area (Å²) >= 11 is 1.03. The second-order valence-electron chi connectivity index (χ2n) is 2.95. The van der Waals surface area contributed by atoms with E-state index in [1.54, 1.807) is 12.1 Å². The Morgan fingerprint density at radius 1 is 1.50 bits per heavy atom. The van der Waals surface area contributed by atoms with Crippen molar-refractivity contribution in [1.82, 2.24) is 0 Å². The van der Waals surface area contributed by atoms with E-state index in [9.17, 15) is 4.39 Å². The molecule has 4 heteroatoms. The van der Waals surface area contributed by atoms with Crippen molar-refractivity contribution in [2.24, 2.45) is 0 Å². The summed E-state index contributed by atoms with van der Waals surface area (Å²) in [4.78, 5) is 0. The quantitative estimate of drug-likeness (QED) is 0.779. The number of thiophene rings is 1. The van der Waals surface area contributed by atoms with Crippen molar-refractivity contribution in [3.05, 3.63) is 28.9 Å². The fraction of sp³-hybridized carbons (Fsp3) is 0.100. The van der Waals surface area contributed by atoms with Crippen molar-refractivity contribution in [2.75, 3.05) is 5.73 Å². The van der Waals surface area contributed by atoms with Gasteiger partial charge in [0.15, 0.2) is 0 Å². The lowest BCUT2D eigenvalue weighted by Gasteiger charge is -1.95. The van der Waals surface area contributed by atoms with E-state index in [1.807, 2.05) is 12.1 Å². The predicted octanol–water partition coefficient (Wildman–Crippen LogP) is 2.69. The molecular formula is C10H7FN2S. The van der Waals surface area contributed by atoms with E-state index < -0.39 is 0 Å². The van der Waals surface area contributed by atoms with Gasteiger partial charge >= 0.3 is 0 Å². The van der Waals surface area contributed by atoms with Crippen molar-refractivity contribution < 1.29 is 4.39 Å². The first-order valence-electron chi connectivity index (χ1n) is 4.05. The summed E-state index contributed by atoms with van der Waals surface area (Å²) in [6, 6.07) is 7.43. The number of benzene rings is 1. The molecule has 70 valence electrons. The molecule has 0 aliphatic carbocycles. The molecule has 0 bridgehead atoms. The zero-order valence-corrected chi connectivity index (χ0v) is 8.07. The van der Waals surface area contributed by atoms with Gasteiger partial charge in [-0.05, 0) is 17.7 Å². The van der Waals surface area contributed by atoms with Gasteiger partial charge in [0.2, 0.25) is 5.13 Å². The normalized spacial score (nSPS) is 10.3. The van der Waals surface area contributed by atoms with Crippen molar-refractivity contribution in [3.8, 4) is 6.07 Å². The number of nitrogens with two attached hydrogens (primary N) is 1. The van der Waals surface area contributed by atoms with E-state index in [-0.39, 0.29) is 10.8 Å². The molecule has 1 aromatic carbocycles. The molecule has 2 aromatic rings. The smallest absolute Gasteiger partial charge is 0.200 e. The summed E-state index contributed by atoms with van der Waals surface area (Å²) in [5, 5.41) is 8.87. The molecule has 0 amide bonds. The van der Waals surface area contributed by atoms with E-state index in [2.05, 4.69) is 0 Å². The first kappa shape index (κ1) is 8.97. The highest BCUT2D eigenvalue weighted by Gasteiger charge is 2.08. The van der Waals surface area contributed by atoms with Crippen LogP contribution in [0.2, 0.25) is 0 Å². The third-order valence-electron chi connectivity index (χ3n) is 2.03. The maximum absolute atomic E-state index is 13.1. The fourth-order valence-electron chi connectivity index (χ4n) is 1.34. The van der Waals surface area contributed by atoms with Gasteiger partial charge in [-0.25, -0.2) is 0 Å². The van der Waals surface area contributed by atoms with Crippen molar-refractivity contribution in [3.63, 3.8) is 0 Å². The Kier molecular flexibility index (Phi) is 2.10. The van der Waals surface area contributed by atoms with Gasteiger partial charge in [0.25, 0.3) is 0 Å². The lowest BCUT2D eigenvalue weighted by molar-refractivity contribution is 0.662. The Hall–Kier alpha value is -1.60. The fourth-order valence-corrected chi connectivity index (χ4v) is 2.16. The van der Waals surface area contributed by atoms with E-state index in [1.165, 1.54) is 0 Å². The Balaban J connectivity index is 2.65. The van der Waals surface area contributed by atoms with Gasteiger partial charge in [0.05, 0.1) is 18.2 Å². The van der Waals surface area contributed by atoms with Gasteiger partial charge < -0.3 is 5.73 Å². The molecule has 0 fully saturated rings. The average Bonchev–Trinajstić information content (AvgIpc) is 2.45. The lowest BCUT2D eigenvalue weighted by atomic mass is 10.1. The van der Waals surface area contributed by atoms with Gasteiger partial charge in [-0.3, -0.25) is 0 Å². The summed E-state index contributed by atoms with van der Waals surface area (Å²) in [6.07, 6.45) is 0.326. The minimum atomic E-state index is -0.353. The van der Waals surface area contributed by atoms with Crippen molar-refractivity contribution in [2.45, 2.75) is 6.42 Å².